The number of rotatable bonds is 3. The van der Waals surface area contributed by atoms with E-state index in [1.807, 2.05) is 28.8 Å². The van der Waals surface area contributed by atoms with E-state index in [1.165, 1.54) is 10.4 Å². The molecule has 0 fully saturated rings. The van der Waals surface area contributed by atoms with E-state index in [2.05, 4.69) is 26.5 Å². The van der Waals surface area contributed by atoms with Gasteiger partial charge >= 0.3 is 0 Å². The van der Waals surface area contributed by atoms with Gasteiger partial charge in [0, 0.05) is 18.0 Å². The van der Waals surface area contributed by atoms with Gasteiger partial charge in [0.2, 0.25) is 5.89 Å². The smallest absolute Gasteiger partial charge is 0.257 e. The first-order valence-corrected chi connectivity index (χ1v) is 8.28. The summed E-state index contributed by atoms with van der Waals surface area (Å²) in [5, 5.41) is 12.5. The largest absolute Gasteiger partial charge is 0.419 e. The minimum absolute atomic E-state index is 0.628. The highest BCUT2D eigenvalue weighted by Crippen LogP contribution is 2.26. The van der Waals surface area contributed by atoms with Crippen molar-refractivity contribution in [3.8, 4) is 10.8 Å². The van der Waals surface area contributed by atoms with E-state index in [1.54, 1.807) is 11.3 Å². The van der Waals surface area contributed by atoms with E-state index in [4.69, 9.17) is 4.42 Å². The average Bonchev–Trinajstić information content (AvgIpc) is 3.19. The van der Waals surface area contributed by atoms with Gasteiger partial charge in [-0.1, -0.05) is 6.07 Å². The third kappa shape index (κ3) is 2.30. The maximum Gasteiger partial charge on any atom is 0.257 e. The molecule has 0 spiro atoms. The number of hydrogen-bond acceptors (Lipinski definition) is 6. The zero-order chi connectivity index (χ0) is 13.4. The van der Waals surface area contributed by atoms with Gasteiger partial charge in [0.1, 0.15) is 0 Å². The molecule has 1 aliphatic rings. The molecular weight excluding hydrogens is 290 g/mol. The predicted octanol–water partition coefficient (Wildman–Crippen LogP) is 3.42. The first-order chi connectivity index (χ1) is 9.88. The number of thiophene rings is 2. The maximum absolute atomic E-state index is 5.75. The molecule has 1 aliphatic heterocycles. The second kappa shape index (κ2) is 5.12. The number of aromatic nitrogens is 2. The lowest BCUT2D eigenvalue weighted by Crippen LogP contribution is -2.29. The molecular formula is C14H13N3OS2. The van der Waals surface area contributed by atoms with Gasteiger partial charge in [-0.15, -0.1) is 32.9 Å². The number of fused-ring (bicyclic) bond motifs is 1. The Bertz CT molecular complexity index is 702. The molecule has 4 nitrogen and oxygen atoms in total. The van der Waals surface area contributed by atoms with Gasteiger partial charge in [0.05, 0.1) is 11.4 Å². The monoisotopic (exact) mass is 303 g/mol. The fraction of sp³-hybridized carbons (Fsp3) is 0.286. The van der Waals surface area contributed by atoms with Crippen LogP contribution in [0.3, 0.4) is 0 Å². The van der Waals surface area contributed by atoms with Crippen LogP contribution in [-0.2, 0) is 19.5 Å². The van der Waals surface area contributed by atoms with Gasteiger partial charge in [-0.3, -0.25) is 4.90 Å². The zero-order valence-corrected chi connectivity index (χ0v) is 12.4. The minimum Gasteiger partial charge on any atom is -0.419 e. The van der Waals surface area contributed by atoms with Crippen molar-refractivity contribution in [3.05, 3.63) is 45.3 Å². The van der Waals surface area contributed by atoms with Crippen LogP contribution in [0.2, 0.25) is 0 Å². The molecule has 0 aromatic carbocycles. The Morgan fingerprint density at radius 1 is 1.20 bits per heavy atom. The second-order valence-corrected chi connectivity index (χ2v) is 6.76. The summed E-state index contributed by atoms with van der Waals surface area (Å²) in [6.07, 6.45) is 1.12. The van der Waals surface area contributed by atoms with Gasteiger partial charge in [-0.05, 0) is 34.9 Å². The lowest BCUT2D eigenvalue weighted by atomic mass is 10.1. The van der Waals surface area contributed by atoms with E-state index >= 15 is 0 Å². The van der Waals surface area contributed by atoms with Gasteiger partial charge < -0.3 is 4.42 Å². The summed E-state index contributed by atoms with van der Waals surface area (Å²) in [6, 6.07) is 6.21. The van der Waals surface area contributed by atoms with Crippen LogP contribution >= 0.6 is 22.7 Å². The van der Waals surface area contributed by atoms with Crippen LogP contribution in [0.25, 0.3) is 10.8 Å². The molecule has 20 heavy (non-hydrogen) atoms. The number of nitrogens with zero attached hydrogens (tertiary/aromatic N) is 3. The van der Waals surface area contributed by atoms with Crippen LogP contribution in [0.15, 0.2) is 33.4 Å². The Morgan fingerprint density at radius 3 is 3.10 bits per heavy atom. The highest BCUT2D eigenvalue weighted by Gasteiger charge is 2.19. The van der Waals surface area contributed by atoms with Gasteiger partial charge in [0.25, 0.3) is 5.89 Å². The van der Waals surface area contributed by atoms with E-state index in [9.17, 15) is 0 Å². The van der Waals surface area contributed by atoms with Crippen LogP contribution in [0, 0.1) is 0 Å². The lowest BCUT2D eigenvalue weighted by Gasteiger charge is -2.25. The van der Waals surface area contributed by atoms with Crippen LogP contribution in [-0.4, -0.2) is 21.6 Å². The van der Waals surface area contributed by atoms with Crippen LogP contribution in [0.1, 0.15) is 16.3 Å². The highest BCUT2D eigenvalue weighted by atomic mass is 32.1. The third-order valence-corrected chi connectivity index (χ3v) is 5.33. The number of hydrogen-bond donors (Lipinski definition) is 0. The molecule has 0 amide bonds. The topological polar surface area (TPSA) is 42.2 Å². The molecule has 3 aromatic heterocycles. The van der Waals surface area contributed by atoms with Crippen molar-refractivity contribution in [1.82, 2.24) is 15.1 Å². The molecule has 0 unspecified atom stereocenters. The fourth-order valence-electron chi connectivity index (χ4n) is 2.45. The highest BCUT2D eigenvalue weighted by molar-refractivity contribution is 7.13. The standard InChI is InChI=1S/C14H13N3OS2/c1-2-12(19-6-1)14-16-15-13(18-14)9-17-5-3-11-10(8-17)4-7-20-11/h1-2,4,6-7H,3,5,8-9H2. The Hall–Kier alpha value is -1.50. The van der Waals surface area contributed by atoms with Crippen molar-refractivity contribution in [2.24, 2.45) is 0 Å². The van der Waals surface area contributed by atoms with E-state index in [0.717, 1.165) is 30.9 Å². The average molecular weight is 303 g/mol. The summed E-state index contributed by atoms with van der Waals surface area (Å²) in [5.41, 5.74) is 1.44. The molecule has 0 radical (unpaired) electrons. The Kier molecular flexibility index (Phi) is 3.14. The molecule has 0 saturated carbocycles. The van der Waals surface area contributed by atoms with Crippen LogP contribution in [0.4, 0.5) is 0 Å². The summed E-state index contributed by atoms with van der Waals surface area (Å²) in [7, 11) is 0. The maximum atomic E-state index is 5.75. The minimum atomic E-state index is 0.628. The lowest BCUT2D eigenvalue weighted by molar-refractivity contribution is 0.223. The molecule has 0 saturated heterocycles. The van der Waals surface area contributed by atoms with Crippen molar-refractivity contribution in [2.45, 2.75) is 19.5 Å². The predicted molar refractivity (Wildman–Crippen MR) is 79.7 cm³/mol. The molecule has 4 rings (SSSR count). The third-order valence-electron chi connectivity index (χ3n) is 3.44. The molecule has 4 heterocycles. The van der Waals surface area contributed by atoms with Gasteiger partial charge in [-0.2, -0.15) is 0 Å². The van der Waals surface area contributed by atoms with E-state index in [0.29, 0.717) is 11.8 Å². The summed E-state index contributed by atoms with van der Waals surface area (Å²) in [4.78, 5) is 4.91. The zero-order valence-electron chi connectivity index (χ0n) is 10.8. The summed E-state index contributed by atoms with van der Waals surface area (Å²) in [5.74, 6) is 1.33. The molecule has 3 aromatic rings. The van der Waals surface area contributed by atoms with Gasteiger partial charge in [-0.25, -0.2) is 0 Å². The summed E-state index contributed by atoms with van der Waals surface area (Å²) < 4.78 is 5.75. The second-order valence-electron chi connectivity index (χ2n) is 4.81. The van der Waals surface area contributed by atoms with Crippen molar-refractivity contribution >= 4 is 22.7 Å². The van der Waals surface area contributed by atoms with Crippen molar-refractivity contribution in [3.63, 3.8) is 0 Å². The van der Waals surface area contributed by atoms with Crippen LogP contribution in [0.5, 0.6) is 0 Å². The van der Waals surface area contributed by atoms with E-state index in [-0.39, 0.29) is 0 Å². The Labute approximate surface area is 124 Å². The first kappa shape index (κ1) is 12.3. The summed E-state index contributed by atoms with van der Waals surface area (Å²) >= 11 is 3.48. The van der Waals surface area contributed by atoms with Crippen LogP contribution < -0.4 is 0 Å². The Balaban J connectivity index is 1.48. The molecule has 0 bridgehead atoms. The Morgan fingerprint density at radius 2 is 2.20 bits per heavy atom. The van der Waals surface area contributed by atoms with Gasteiger partial charge in [0.15, 0.2) is 0 Å². The quantitative estimate of drug-likeness (QED) is 0.743. The molecule has 6 heteroatoms. The van der Waals surface area contributed by atoms with Crippen molar-refractivity contribution in [1.29, 1.82) is 0 Å². The normalized spacial score (nSPS) is 15.4. The van der Waals surface area contributed by atoms with E-state index < -0.39 is 0 Å². The SMILES string of the molecule is c1csc(-c2nnc(CN3CCc4sccc4C3)o2)c1. The fourth-order valence-corrected chi connectivity index (χ4v) is 3.98. The molecule has 0 aliphatic carbocycles. The van der Waals surface area contributed by atoms with Crippen molar-refractivity contribution in [2.75, 3.05) is 6.54 Å². The molecule has 0 N–H and O–H groups in total. The summed E-state index contributed by atoms with van der Waals surface area (Å²) in [6.45, 7) is 2.77. The molecule has 102 valence electrons. The first-order valence-electron chi connectivity index (χ1n) is 6.52. The van der Waals surface area contributed by atoms with Crippen molar-refractivity contribution < 1.29 is 4.42 Å². The molecule has 0 atom stereocenters.